The fourth-order valence-electron chi connectivity index (χ4n) is 3.63. The summed E-state index contributed by atoms with van der Waals surface area (Å²) in [6, 6.07) is 17.1. The maximum Gasteiger partial charge on any atom is 0.336 e. The molecular weight excluding hydrogens is 404 g/mol. The summed E-state index contributed by atoms with van der Waals surface area (Å²) in [6.07, 6.45) is 0.958. The van der Waals surface area contributed by atoms with Gasteiger partial charge in [-0.1, -0.05) is 0 Å². The summed E-state index contributed by atoms with van der Waals surface area (Å²) >= 11 is 0. The smallest absolute Gasteiger partial charge is 0.336 e. The number of methoxy groups -OCH3 is 1. The van der Waals surface area contributed by atoms with Crippen LogP contribution in [0.2, 0.25) is 0 Å². The van der Waals surface area contributed by atoms with Crippen molar-refractivity contribution in [1.29, 1.82) is 0 Å². The molecular formula is C23H27ClN2O4. The van der Waals surface area contributed by atoms with E-state index >= 15 is 0 Å². The Balaban J connectivity index is 0.00000256. The second kappa shape index (κ2) is 10.4. The van der Waals surface area contributed by atoms with Crippen LogP contribution in [0, 0.1) is 0 Å². The number of rotatable bonds is 7. The summed E-state index contributed by atoms with van der Waals surface area (Å²) in [7, 11) is 1.69. The number of fused-ring (bicyclic) bond motifs is 1. The van der Waals surface area contributed by atoms with Crippen LogP contribution in [0.3, 0.4) is 0 Å². The average molecular weight is 431 g/mol. The Morgan fingerprint density at radius 3 is 2.37 bits per heavy atom. The van der Waals surface area contributed by atoms with Crippen molar-refractivity contribution in [2.75, 3.05) is 51.3 Å². The summed E-state index contributed by atoms with van der Waals surface area (Å²) < 4.78 is 16.3. The van der Waals surface area contributed by atoms with Gasteiger partial charge in [-0.3, -0.25) is 4.90 Å². The molecule has 0 amide bonds. The van der Waals surface area contributed by atoms with Gasteiger partial charge < -0.3 is 18.8 Å². The third-order valence-corrected chi connectivity index (χ3v) is 5.29. The standard InChI is InChI=1S/C23H26N2O4.ClH/c1-27-20-8-5-19(6-9-20)25-14-12-24(13-15-25)11-2-16-28-21-7-3-18-4-10-23(26)29-22(18)17-21;/h3-10,17H,2,11-16H2,1H3;1H. The largest absolute Gasteiger partial charge is 0.497 e. The fraction of sp³-hybridized carbons (Fsp3) is 0.348. The lowest BCUT2D eigenvalue weighted by Gasteiger charge is -2.36. The summed E-state index contributed by atoms with van der Waals surface area (Å²) in [4.78, 5) is 16.2. The van der Waals surface area contributed by atoms with Crippen LogP contribution in [0.15, 0.2) is 63.8 Å². The van der Waals surface area contributed by atoms with E-state index in [0.717, 1.165) is 56.0 Å². The molecule has 0 atom stereocenters. The summed E-state index contributed by atoms with van der Waals surface area (Å²) in [5.41, 5.74) is 1.46. The fourth-order valence-corrected chi connectivity index (χ4v) is 3.63. The van der Waals surface area contributed by atoms with Crippen molar-refractivity contribution in [2.45, 2.75) is 6.42 Å². The van der Waals surface area contributed by atoms with Crippen molar-refractivity contribution >= 4 is 29.1 Å². The van der Waals surface area contributed by atoms with E-state index in [1.165, 1.54) is 11.8 Å². The van der Waals surface area contributed by atoms with Crippen LogP contribution in [0.5, 0.6) is 11.5 Å². The second-order valence-electron chi connectivity index (χ2n) is 7.18. The molecule has 2 heterocycles. The van der Waals surface area contributed by atoms with Gasteiger partial charge in [-0.2, -0.15) is 0 Å². The maximum absolute atomic E-state index is 11.4. The average Bonchev–Trinajstić information content (AvgIpc) is 2.77. The monoisotopic (exact) mass is 430 g/mol. The molecule has 160 valence electrons. The molecule has 0 spiro atoms. The van der Waals surface area contributed by atoms with Crippen molar-refractivity contribution in [2.24, 2.45) is 0 Å². The van der Waals surface area contributed by atoms with Crippen molar-refractivity contribution in [3.63, 3.8) is 0 Å². The normalized spacial score (nSPS) is 14.4. The lowest BCUT2D eigenvalue weighted by molar-refractivity contribution is 0.225. The molecule has 0 aliphatic carbocycles. The highest BCUT2D eigenvalue weighted by molar-refractivity contribution is 5.85. The Morgan fingerprint density at radius 2 is 1.63 bits per heavy atom. The van der Waals surface area contributed by atoms with E-state index in [4.69, 9.17) is 13.9 Å². The zero-order chi connectivity index (χ0) is 20.1. The number of nitrogens with zero attached hydrogens (tertiary/aromatic N) is 2. The Bertz CT molecular complexity index is 998. The molecule has 30 heavy (non-hydrogen) atoms. The van der Waals surface area contributed by atoms with Gasteiger partial charge in [-0.15, -0.1) is 12.4 Å². The molecule has 7 heteroatoms. The first-order chi connectivity index (χ1) is 14.2. The highest BCUT2D eigenvalue weighted by Gasteiger charge is 2.16. The van der Waals surface area contributed by atoms with Gasteiger partial charge in [0.05, 0.1) is 13.7 Å². The number of piperazine rings is 1. The lowest BCUT2D eigenvalue weighted by Crippen LogP contribution is -2.46. The van der Waals surface area contributed by atoms with Gasteiger partial charge in [0.2, 0.25) is 0 Å². The number of halogens is 1. The number of hydrogen-bond acceptors (Lipinski definition) is 6. The minimum Gasteiger partial charge on any atom is -0.497 e. The zero-order valence-electron chi connectivity index (χ0n) is 17.1. The number of anilines is 1. The van der Waals surface area contributed by atoms with Crippen molar-refractivity contribution in [3.8, 4) is 11.5 Å². The molecule has 4 rings (SSSR count). The highest BCUT2D eigenvalue weighted by atomic mass is 35.5. The van der Waals surface area contributed by atoms with Gasteiger partial charge in [-0.25, -0.2) is 4.79 Å². The van der Waals surface area contributed by atoms with Crippen molar-refractivity contribution in [3.05, 3.63) is 65.0 Å². The molecule has 0 radical (unpaired) electrons. The van der Waals surface area contributed by atoms with E-state index in [1.807, 2.05) is 24.3 Å². The van der Waals surface area contributed by atoms with Crippen LogP contribution < -0.4 is 20.0 Å². The maximum atomic E-state index is 11.4. The molecule has 6 nitrogen and oxygen atoms in total. The van der Waals surface area contributed by atoms with E-state index in [0.29, 0.717) is 12.2 Å². The Morgan fingerprint density at radius 1 is 0.933 bits per heavy atom. The molecule has 0 bridgehead atoms. The van der Waals surface area contributed by atoms with Gasteiger partial charge in [0.15, 0.2) is 0 Å². The topological polar surface area (TPSA) is 55.2 Å². The van der Waals surface area contributed by atoms with Gasteiger partial charge in [-0.05, 0) is 48.9 Å². The molecule has 1 aliphatic rings. The predicted octanol–water partition coefficient (Wildman–Crippen LogP) is 3.81. The van der Waals surface area contributed by atoms with Gasteiger partial charge in [0, 0.05) is 55.9 Å². The van der Waals surface area contributed by atoms with E-state index in [2.05, 4.69) is 21.9 Å². The first-order valence-electron chi connectivity index (χ1n) is 9.99. The second-order valence-corrected chi connectivity index (χ2v) is 7.18. The quantitative estimate of drug-likeness (QED) is 0.419. The molecule has 2 aromatic carbocycles. The summed E-state index contributed by atoms with van der Waals surface area (Å²) in [5.74, 6) is 1.62. The molecule has 0 N–H and O–H groups in total. The van der Waals surface area contributed by atoms with Crippen LogP contribution in [-0.2, 0) is 0 Å². The summed E-state index contributed by atoms with van der Waals surface area (Å²) in [6.45, 7) is 5.80. The SMILES string of the molecule is COc1ccc(N2CCN(CCCOc3ccc4ccc(=O)oc4c3)CC2)cc1.Cl. The van der Waals surface area contributed by atoms with Crippen LogP contribution in [-0.4, -0.2) is 51.3 Å². The van der Waals surface area contributed by atoms with Crippen molar-refractivity contribution < 1.29 is 13.9 Å². The minimum atomic E-state index is -0.344. The summed E-state index contributed by atoms with van der Waals surface area (Å²) in [5, 5.41) is 0.895. The van der Waals surface area contributed by atoms with Gasteiger partial charge in [0.1, 0.15) is 17.1 Å². The van der Waals surface area contributed by atoms with E-state index in [-0.39, 0.29) is 18.0 Å². The number of benzene rings is 2. The Labute approximate surface area is 182 Å². The number of hydrogen-bond donors (Lipinski definition) is 0. The lowest BCUT2D eigenvalue weighted by atomic mass is 10.2. The van der Waals surface area contributed by atoms with Crippen LogP contribution in [0.4, 0.5) is 5.69 Å². The molecule has 1 fully saturated rings. The Hall–Kier alpha value is -2.70. The first kappa shape index (κ1) is 22.0. The van der Waals surface area contributed by atoms with E-state index < -0.39 is 0 Å². The first-order valence-corrected chi connectivity index (χ1v) is 9.99. The minimum absolute atomic E-state index is 0. The molecule has 0 unspecified atom stereocenters. The zero-order valence-corrected chi connectivity index (χ0v) is 17.9. The highest BCUT2D eigenvalue weighted by Crippen LogP contribution is 2.21. The third-order valence-electron chi connectivity index (χ3n) is 5.29. The van der Waals surface area contributed by atoms with Crippen LogP contribution in [0.1, 0.15) is 6.42 Å². The van der Waals surface area contributed by atoms with Crippen LogP contribution in [0.25, 0.3) is 11.0 Å². The molecule has 1 aromatic heterocycles. The van der Waals surface area contributed by atoms with Gasteiger partial charge >= 0.3 is 5.63 Å². The van der Waals surface area contributed by atoms with Crippen molar-refractivity contribution in [1.82, 2.24) is 4.90 Å². The molecule has 1 aliphatic heterocycles. The Kier molecular flexibility index (Phi) is 7.60. The number of ether oxygens (including phenoxy) is 2. The van der Waals surface area contributed by atoms with Crippen LogP contribution >= 0.6 is 12.4 Å². The molecule has 3 aromatic rings. The molecule has 1 saturated heterocycles. The predicted molar refractivity (Wildman–Crippen MR) is 121 cm³/mol. The van der Waals surface area contributed by atoms with E-state index in [1.54, 1.807) is 19.2 Å². The molecule has 0 saturated carbocycles. The van der Waals surface area contributed by atoms with E-state index in [9.17, 15) is 4.79 Å². The van der Waals surface area contributed by atoms with Gasteiger partial charge in [0.25, 0.3) is 0 Å². The third kappa shape index (κ3) is 5.46.